The summed E-state index contributed by atoms with van der Waals surface area (Å²) < 4.78 is 10.4. The summed E-state index contributed by atoms with van der Waals surface area (Å²) in [7, 11) is 1.32. The molecule has 0 radical (unpaired) electrons. The van der Waals surface area contributed by atoms with Crippen molar-refractivity contribution in [2.75, 3.05) is 18.6 Å². The van der Waals surface area contributed by atoms with E-state index in [9.17, 15) is 9.59 Å². The zero-order valence-corrected chi connectivity index (χ0v) is 13.0. The van der Waals surface area contributed by atoms with Crippen LogP contribution in [0, 0.1) is 5.92 Å². The first-order valence-corrected chi connectivity index (χ1v) is 7.16. The van der Waals surface area contributed by atoms with E-state index in [1.54, 1.807) is 23.1 Å². The van der Waals surface area contributed by atoms with Crippen molar-refractivity contribution in [2.24, 2.45) is 5.92 Å². The quantitative estimate of drug-likeness (QED) is 0.802. The molecule has 0 saturated carbocycles. The topological polar surface area (TPSA) is 55.8 Å². The molecule has 0 bridgehead atoms. The molecule has 1 aliphatic heterocycles. The van der Waals surface area contributed by atoms with Gasteiger partial charge < -0.3 is 14.4 Å². The Bertz CT molecular complexity index is 559. The molecule has 1 amide bonds. The molecule has 1 unspecified atom stereocenters. The Morgan fingerprint density at radius 2 is 2.19 bits per heavy atom. The number of benzene rings is 1. The van der Waals surface area contributed by atoms with Gasteiger partial charge in [-0.15, -0.1) is 0 Å². The van der Waals surface area contributed by atoms with Crippen LogP contribution in [0.4, 0.5) is 5.69 Å². The Hall–Kier alpha value is -1.75. The number of ether oxygens (including phenoxy) is 2. The third kappa shape index (κ3) is 3.29. The number of hydrogen-bond acceptors (Lipinski definition) is 4. The Labute approximate surface area is 128 Å². The zero-order chi connectivity index (χ0) is 15.6. The molecule has 1 aromatic rings. The lowest BCUT2D eigenvalue weighted by atomic mass is 10.0. The van der Waals surface area contributed by atoms with Crippen LogP contribution in [0.3, 0.4) is 0 Å². The first-order chi connectivity index (χ1) is 9.93. The number of anilines is 1. The minimum Gasteiger partial charge on any atom is -0.478 e. The number of fused-ring (bicyclic) bond motifs is 1. The smallest absolute Gasteiger partial charge is 0.307 e. The predicted molar refractivity (Wildman–Crippen MR) is 79.7 cm³/mol. The zero-order valence-electron chi connectivity index (χ0n) is 12.3. The fraction of sp³-hybridized carbons (Fsp3) is 0.467. The second-order valence-corrected chi connectivity index (χ2v) is 5.65. The van der Waals surface area contributed by atoms with Crippen LogP contribution in [-0.4, -0.2) is 31.6 Å². The van der Waals surface area contributed by atoms with Crippen LogP contribution >= 0.6 is 11.6 Å². The maximum Gasteiger partial charge on any atom is 0.307 e. The number of rotatable bonds is 4. The number of esters is 1. The van der Waals surface area contributed by atoms with E-state index < -0.39 is 6.10 Å². The summed E-state index contributed by atoms with van der Waals surface area (Å²) in [6, 6.07) is 5.12. The van der Waals surface area contributed by atoms with Crippen molar-refractivity contribution >= 4 is 29.2 Å². The van der Waals surface area contributed by atoms with Crippen molar-refractivity contribution in [1.29, 1.82) is 0 Å². The third-order valence-corrected chi connectivity index (χ3v) is 3.58. The van der Waals surface area contributed by atoms with Crippen LogP contribution in [0.25, 0.3) is 0 Å². The molecule has 1 heterocycles. The summed E-state index contributed by atoms with van der Waals surface area (Å²) in [5, 5.41) is 0.510. The third-order valence-electron chi connectivity index (χ3n) is 3.35. The Morgan fingerprint density at radius 1 is 1.48 bits per heavy atom. The number of carbonyl (C=O) groups excluding carboxylic acids is 2. The SMILES string of the molecule is COC(=O)CCN1C(=O)C(C(C)C)Oc2ccc(Cl)cc21. The van der Waals surface area contributed by atoms with Gasteiger partial charge in [0.05, 0.1) is 19.2 Å². The lowest BCUT2D eigenvalue weighted by Crippen LogP contribution is -2.49. The molecule has 5 nitrogen and oxygen atoms in total. The van der Waals surface area contributed by atoms with Crippen molar-refractivity contribution in [3.05, 3.63) is 23.2 Å². The summed E-state index contributed by atoms with van der Waals surface area (Å²) >= 11 is 5.99. The minimum atomic E-state index is -0.559. The number of methoxy groups -OCH3 is 1. The van der Waals surface area contributed by atoms with E-state index in [4.69, 9.17) is 16.3 Å². The Balaban J connectivity index is 2.33. The minimum absolute atomic E-state index is 0.0296. The molecule has 0 N–H and O–H groups in total. The van der Waals surface area contributed by atoms with Crippen LogP contribution in [-0.2, 0) is 14.3 Å². The van der Waals surface area contributed by atoms with Crippen LogP contribution in [0.5, 0.6) is 5.75 Å². The van der Waals surface area contributed by atoms with Gasteiger partial charge in [-0.2, -0.15) is 0 Å². The van der Waals surface area contributed by atoms with Gasteiger partial charge in [0.2, 0.25) is 0 Å². The summed E-state index contributed by atoms with van der Waals surface area (Å²) in [6.07, 6.45) is -0.435. The molecule has 6 heteroatoms. The number of carbonyl (C=O) groups is 2. The van der Waals surface area contributed by atoms with Crippen molar-refractivity contribution < 1.29 is 19.1 Å². The lowest BCUT2D eigenvalue weighted by Gasteiger charge is -2.36. The molecule has 21 heavy (non-hydrogen) atoms. The normalized spacial score (nSPS) is 17.5. The number of hydrogen-bond donors (Lipinski definition) is 0. The van der Waals surface area contributed by atoms with Gasteiger partial charge in [-0.1, -0.05) is 25.4 Å². The molecule has 1 atom stereocenters. The highest BCUT2D eigenvalue weighted by atomic mass is 35.5. The van der Waals surface area contributed by atoms with Gasteiger partial charge in [0.25, 0.3) is 5.91 Å². The molecule has 0 spiro atoms. The van der Waals surface area contributed by atoms with E-state index in [1.807, 2.05) is 13.8 Å². The number of nitrogens with zero attached hydrogens (tertiary/aromatic N) is 1. The summed E-state index contributed by atoms with van der Waals surface area (Å²) in [6.45, 7) is 4.08. The van der Waals surface area contributed by atoms with Crippen LogP contribution < -0.4 is 9.64 Å². The lowest BCUT2D eigenvalue weighted by molar-refractivity contribution is -0.140. The van der Waals surface area contributed by atoms with E-state index in [0.717, 1.165) is 0 Å². The monoisotopic (exact) mass is 311 g/mol. The summed E-state index contributed by atoms with van der Waals surface area (Å²) in [4.78, 5) is 25.4. The average Bonchev–Trinajstić information content (AvgIpc) is 2.45. The van der Waals surface area contributed by atoms with E-state index in [0.29, 0.717) is 16.5 Å². The second-order valence-electron chi connectivity index (χ2n) is 5.21. The summed E-state index contributed by atoms with van der Waals surface area (Å²) in [5.74, 6) is 0.104. The van der Waals surface area contributed by atoms with Gasteiger partial charge in [-0.25, -0.2) is 0 Å². The molecule has 0 aliphatic carbocycles. The van der Waals surface area contributed by atoms with Crippen LogP contribution in [0.1, 0.15) is 20.3 Å². The van der Waals surface area contributed by atoms with Gasteiger partial charge in [0, 0.05) is 11.6 Å². The van der Waals surface area contributed by atoms with Gasteiger partial charge in [0.15, 0.2) is 6.10 Å². The first-order valence-electron chi connectivity index (χ1n) is 6.78. The maximum atomic E-state index is 12.5. The molecule has 1 aliphatic rings. The van der Waals surface area contributed by atoms with E-state index in [-0.39, 0.29) is 30.8 Å². The number of amides is 1. The van der Waals surface area contributed by atoms with E-state index in [2.05, 4.69) is 4.74 Å². The highest BCUT2D eigenvalue weighted by molar-refractivity contribution is 6.31. The molecule has 114 valence electrons. The van der Waals surface area contributed by atoms with Crippen LogP contribution in [0.2, 0.25) is 5.02 Å². The van der Waals surface area contributed by atoms with Crippen molar-refractivity contribution in [1.82, 2.24) is 0 Å². The first kappa shape index (κ1) is 15.6. The number of halogens is 1. The fourth-order valence-corrected chi connectivity index (χ4v) is 2.38. The highest BCUT2D eigenvalue weighted by Crippen LogP contribution is 2.37. The highest BCUT2D eigenvalue weighted by Gasteiger charge is 2.36. The predicted octanol–water partition coefficient (Wildman–Crippen LogP) is 2.65. The Kier molecular flexibility index (Phi) is 4.73. The van der Waals surface area contributed by atoms with Crippen molar-refractivity contribution in [2.45, 2.75) is 26.4 Å². The van der Waals surface area contributed by atoms with Crippen molar-refractivity contribution in [3.8, 4) is 5.75 Å². The van der Waals surface area contributed by atoms with Gasteiger partial charge in [-0.3, -0.25) is 9.59 Å². The molecule has 2 rings (SSSR count). The fourth-order valence-electron chi connectivity index (χ4n) is 2.22. The van der Waals surface area contributed by atoms with E-state index in [1.165, 1.54) is 7.11 Å². The molecule has 1 aromatic carbocycles. The second kappa shape index (κ2) is 6.35. The Morgan fingerprint density at radius 3 is 2.81 bits per heavy atom. The molecule has 0 fully saturated rings. The summed E-state index contributed by atoms with van der Waals surface area (Å²) in [5.41, 5.74) is 0.591. The average molecular weight is 312 g/mol. The van der Waals surface area contributed by atoms with Gasteiger partial charge in [0.1, 0.15) is 5.75 Å². The standard InChI is InChI=1S/C15H18ClNO4/c1-9(2)14-15(19)17(7-6-13(18)20-3)11-8-10(16)4-5-12(11)21-14/h4-5,8-9,14H,6-7H2,1-3H3. The molecular weight excluding hydrogens is 294 g/mol. The van der Waals surface area contributed by atoms with Gasteiger partial charge >= 0.3 is 5.97 Å². The maximum absolute atomic E-state index is 12.5. The molecular formula is C15H18ClNO4. The molecule has 0 saturated heterocycles. The largest absolute Gasteiger partial charge is 0.478 e. The molecule has 0 aromatic heterocycles. The van der Waals surface area contributed by atoms with Gasteiger partial charge in [-0.05, 0) is 24.1 Å². The van der Waals surface area contributed by atoms with Crippen molar-refractivity contribution in [3.63, 3.8) is 0 Å². The van der Waals surface area contributed by atoms with Crippen LogP contribution in [0.15, 0.2) is 18.2 Å². The van der Waals surface area contributed by atoms with E-state index >= 15 is 0 Å².